The molecule has 2 amide bonds. The van der Waals surface area contributed by atoms with Gasteiger partial charge >= 0.3 is 0 Å². The molecule has 0 fully saturated rings. The highest BCUT2D eigenvalue weighted by atomic mass is 127. The zero-order valence-electron chi connectivity index (χ0n) is 16.9. The second-order valence-electron chi connectivity index (χ2n) is 6.63. The summed E-state index contributed by atoms with van der Waals surface area (Å²) in [5.74, 6) is 0.0161. The van der Waals surface area contributed by atoms with Gasteiger partial charge in [-0.2, -0.15) is 0 Å². The predicted octanol–water partition coefficient (Wildman–Crippen LogP) is 4.59. The van der Waals surface area contributed by atoms with Gasteiger partial charge in [0.05, 0.1) is 12.2 Å². The van der Waals surface area contributed by atoms with E-state index < -0.39 is 0 Å². The highest BCUT2D eigenvalue weighted by Gasteiger charge is 2.11. The molecule has 0 spiro atoms. The third-order valence-corrected chi connectivity index (χ3v) is 5.41. The number of carbonyl (C=O) groups is 2. The molecule has 160 valence electrons. The first-order chi connectivity index (χ1) is 14.5. The lowest BCUT2D eigenvalue weighted by atomic mass is 10.2. The molecule has 0 unspecified atom stereocenters. The van der Waals surface area contributed by atoms with Crippen molar-refractivity contribution >= 4 is 51.7 Å². The van der Waals surface area contributed by atoms with E-state index in [1.807, 2.05) is 12.1 Å². The number of ether oxygens (including phenoxy) is 1. The van der Waals surface area contributed by atoms with Crippen molar-refractivity contribution in [3.05, 3.63) is 63.2 Å². The topological polar surface area (TPSA) is 79.5 Å². The number of amides is 2. The molecule has 8 heteroatoms. The van der Waals surface area contributed by atoms with E-state index in [0.29, 0.717) is 17.7 Å². The van der Waals surface area contributed by atoms with Crippen LogP contribution in [0.5, 0.6) is 5.75 Å². The number of carbonyl (C=O) groups excluding carboxylic acids is 2. The van der Waals surface area contributed by atoms with E-state index in [2.05, 4.69) is 45.7 Å². The van der Waals surface area contributed by atoms with Gasteiger partial charge in [0.2, 0.25) is 0 Å². The number of nitrogens with one attached hydrogen (secondary N) is 3. The fourth-order valence-corrected chi connectivity index (χ4v) is 3.41. The number of hydrogen-bond acceptors (Lipinski definition) is 4. The van der Waals surface area contributed by atoms with Gasteiger partial charge in [-0.15, -0.1) is 0 Å². The van der Waals surface area contributed by atoms with Gasteiger partial charge in [-0.1, -0.05) is 44.7 Å². The van der Waals surface area contributed by atoms with E-state index in [1.165, 1.54) is 25.7 Å². The quantitative estimate of drug-likeness (QED) is 0.188. The Balaban J connectivity index is 1.73. The summed E-state index contributed by atoms with van der Waals surface area (Å²) < 4.78 is 6.51. The number of rotatable bonds is 9. The normalized spacial score (nSPS) is 10.2. The van der Waals surface area contributed by atoms with E-state index in [1.54, 1.807) is 36.4 Å². The average molecular weight is 539 g/mol. The molecule has 6 nitrogen and oxygen atoms in total. The summed E-state index contributed by atoms with van der Waals surface area (Å²) in [6.45, 7) is 2.86. The molecule has 0 heterocycles. The lowest BCUT2D eigenvalue weighted by Crippen LogP contribution is -2.48. The van der Waals surface area contributed by atoms with E-state index >= 15 is 0 Å². The van der Waals surface area contributed by atoms with E-state index in [0.717, 1.165) is 15.7 Å². The number of benzene rings is 2. The highest BCUT2D eigenvalue weighted by Crippen LogP contribution is 2.13. The number of halogens is 1. The molecule has 2 rings (SSSR count). The molecule has 0 atom stereocenters. The Hall–Kier alpha value is -2.20. The summed E-state index contributed by atoms with van der Waals surface area (Å²) in [6.07, 6.45) is 5.91. The maximum Gasteiger partial charge on any atom is 0.270 e. The van der Waals surface area contributed by atoms with E-state index in [9.17, 15) is 9.59 Å². The molecule has 2 aromatic rings. The van der Waals surface area contributed by atoms with Crippen LogP contribution in [-0.2, 0) is 0 Å². The fraction of sp³-hybridized carbons (Fsp3) is 0.318. The maximum atomic E-state index is 12.3. The van der Waals surface area contributed by atoms with Crippen molar-refractivity contribution in [2.75, 3.05) is 6.61 Å². The second-order valence-corrected chi connectivity index (χ2v) is 8.20. The lowest BCUT2D eigenvalue weighted by Gasteiger charge is -2.12. The standard InChI is InChI=1S/C22H26IN3O3S/c1-2-3-4-5-8-15-29-17-13-11-16(12-14-17)20(27)24-22(30)26-25-21(28)18-9-6-7-10-19(18)23/h6-7,9-14H,2-5,8,15H2,1H3,(H,25,28)(H2,24,26,27,30). The summed E-state index contributed by atoms with van der Waals surface area (Å²) in [6, 6.07) is 14.0. The van der Waals surface area contributed by atoms with Crippen LogP contribution < -0.4 is 20.9 Å². The Morgan fingerprint density at radius 1 is 0.933 bits per heavy atom. The van der Waals surface area contributed by atoms with Crippen LogP contribution in [-0.4, -0.2) is 23.5 Å². The molecule has 0 bridgehead atoms. The predicted molar refractivity (Wildman–Crippen MR) is 131 cm³/mol. The van der Waals surface area contributed by atoms with Crippen molar-refractivity contribution in [2.45, 2.75) is 39.0 Å². The third-order valence-electron chi connectivity index (χ3n) is 4.27. The first-order valence-electron chi connectivity index (χ1n) is 9.90. The first kappa shape index (κ1) is 24.1. The molecule has 3 N–H and O–H groups in total. The lowest BCUT2D eigenvalue weighted by molar-refractivity contribution is 0.0934. The van der Waals surface area contributed by atoms with Gasteiger partial charge in [0.1, 0.15) is 5.75 Å². The minimum atomic E-state index is -0.373. The fourth-order valence-electron chi connectivity index (χ4n) is 2.63. The summed E-state index contributed by atoms with van der Waals surface area (Å²) in [7, 11) is 0. The number of unbranched alkanes of at least 4 members (excludes halogenated alkanes) is 4. The minimum Gasteiger partial charge on any atom is -0.494 e. The number of hydrogen-bond donors (Lipinski definition) is 3. The van der Waals surface area contributed by atoms with Gasteiger partial charge in [-0.3, -0.25) is 25.8 Å². The summed E-state index contributed by atoms with van der Waals surface area (Å²) in [5, 5.41) is 2.54. The van der Waals surface area contributed by atoms with Crippen LogP contribution in [0, 0.1) is 3.57 Å². The highest BCUT2D eigenvalue weighted by molar-refractivity contribution is 14.1. The molecule has 30 heavy (non-hydrogen) atoms. The second kappa shape index (κ2) is 13.2. The summed E-state index contributed by atoms with van der Waals surface area (Å²) >= 11 is 7.15. The van der Waals surface area contributed by atoms with Crippen molar-refractivity contribution in [1.82, 2.24) is 16.2 Å². The van der Waals surface area contributed by atoms with Crippen molar-refractivity contribution in [3.8, 4) is 5.75 Å². The van der Waals surface area contributed by atoms with Crippen LogP contribution in [0.4, 0.5) is 0 Å². The molecule has 0 saturated carbocycles. The summed E-state index contributed by atoms with van der Waals surface area (Å²) in [5.41, 5.74) is 5.98. The summed E-state index contributed by atoms with van der Waals surface area (Å²) in [4.78, 5) is 24.5. The Labute approximate surface area is 196 Å². The minimum absolute atomic E-state index is 0.00620. The number of hydrazine groups is 1. The molecule has 0 aliphatic rings. The molecule has 0 radical (unpaired) electrons. The molecule has 2 aromatic carbocycles. The maximum absolute atomic E-state index is 12.3. The van der Waals surface area contributed by atoms with Crippen LogP contribution in [0.15, 0.2) is 48.5 Å². The monoisotopic (exact) mass is 539 g/mol. The molecule has 0 aliphatic heterocycles. The zero-order chi connectivity index (χ0) is 21.8. The van der Waals surface area contributed by atoms with E-state index in [-0.39, 0.29) is 16.9 Å². The van der Waals surface area contributed by atoms with Gasteiger partial charge in [0.25, 0.3) is 11.8 Å². The van der Waals surface area contributed by atoms with Gasteiger partial charge in [-0.05, 0) is 77.6 Å². The van der Waals surface area contributed by atoms with Crippen LogP contribution in [0.3, 0.4) is 0 Å². The molecular weight excluding hydrogens is 513 g/mol. The largest absolute Gasteiger partial charge is 0.494 e. The van der Waals surface area contributed by atoms with Crippen molar-refractivity contribution in [1.29, 1.82) is 0 Å². The Kier molecular flexibility index (Phi) is 10.6. The van der Waals surface area contributed by atoms with Gasteiger partial charge in [0.15, 0.2) is 5.11 Å². The molecule has 0 aliphatic carbocycles. The van der Waals surface area contributed by atoms with E-state index in [4.69, 9.17) is 17.0 Å². The van der Waals surface area contributed by atoms with Crippen LogP contribution in [0.2, 0.25) is 0 Å². The van der Waals surface area contributed by atoms with Crippen LogP contribution in [0.1, 0.15) is 59.7 Å². The van der Waals surface area contributed by atoms with Gasteiger partial charge in [0, 0.05) is 9.13 Å². The third kappa shape index (κ3) is 8.27. The number of thiocarbonyl (C=S) groups is 1. The average Bonchev–Trinajstić information content (AvgIpc) is 2.75. The van der Waals surface area contributed by atoms with Gasteiger partial charge in [-0.25, -0.2) is 0 Å². The SMILES string of the molecule is CCCCCCCOc1ccc(C(=O)NC(=S)NNC(=O)c2ccccc2I)cc1. The van der Waals surface area contributed by atoms with Crippen LogP contribution >= 0.6 is 34.8 Å². The van der Waals surface area contributed by atoms with Gasteiger partial charge < -0.3 is 4.74 Å². The molecule has 0 saturated heterocycles. The zero-order valence-corrected chi connectivity index (χ0v) is 19.8. The van der Waals surface area contributed by atoms with Crippen molar-refractivity contribution < 1.29 is 14.3 Å². The van der Waals surface area contributed by atoms with Crippen LogP contribution in [0.25, 0.3) is 0 Å². The first-order valence-corrected chi connectivity index (χ1v) is 11.4. The Bertz CT molecular complexity index is 859. The van der Waals surface area contributed by atoms with Crippen molar-refractivity contribution in [2.24, 2.45) is 0 Å². The smallest absolute Gasteiger partial charge is 0.270 e. The van der Waals surface area contributed by atoms with Crippen molar-refractivity contribution in [3.63, 3.8) is 0 Å². The molecule has 0 aromatic heterocycles. The molecular formula is C22H26IN3O3S. The Morgan fingerprint density at radius 2 is 1.63 bits per heavy atom. The Morgan fingerprint density at radius 3 is 2.33 bits per heavy atom.